The van der Waals surface area contributed by atoms with Gasteiger partial charge in [0.2, 0.25) is 0 Å². The Labute approximate surface area is 176 Å². The molecule has 0 saturated carbocycles. The highest BCUT2D eigenvalue weighted by molar-refractivity contribution is 5.92. The molecule has 0 spiro atoms. The molecule has 0 aromatic heterocycles. The zero-order valence-corrected chi connectivity index (χ0v) is 17.1. The Morgan fingerprint density at radius 1 is 1.20 bits per heavy atom. The lowest BCUT2D eigenvalue weighted by atomic mass is 9.99. The van der Waals surface area contributed by atoms with E-state index in [1.54, 1.807) is 30.3 Å². The van der Waals surface area contributed by atoms with Crippen molar-refractivity contribution < 1.29 is 23.8 Å². The molecule has 1 N–H and O–H groups in total. The fourth-order valence-electron chi connectivity index (χ4n) is 3.06. The van der Waals surface area contributed by atoms with Gasteiger partial charge in [-0.05, 0) is 61.2 Å². The molecule has 1 aliphatic rings. The van der Waals surface area contributed by atoms with Gasteiger partial charge in [-0.1, -0.05) is 48.9 Å². The standard InChI is InChI=1S/C25H25FO4/c1-3-14-29-23-7-5-4-6-18(15-22(23)26)19-10-13-21(25(27)28)24(16-19)30-20-11-8-17(2)9-12-20/h5-13,15-16,23H,3-4,14H2,1-2H3,(H,27,28)/b7-5?,18-6+,22-15+. The molecule has 0 saturated heterocycles. The summed E-state index contributed by atoms with van der Waals surface area (Å²) in [6.07, 6.45) is 7.61. The largest absolute Gasteiger partial charge is 0.478 e. The van der Waals surface area contributed by atoms with Gasteiger partial charge in [0.15, 0.2) is 0 Å². The highest BCUT2D eigenvalue weighted by Gasteiger charge is 2.17. The average molecular weight is 408 g/mol. The van der Waals surface area contributed by atoms with Crippen LogP contribution in [0.1, 0.15) is 41.3 Å². The Balaban J connectivity index is 1.95. The molecule has 3 rings (SSSR count). The van der Waals surface area contributed by atoms with Gasteiger partial charge in [-0.25, -0.2) is 9.18 Å². The molecule has 2 aromatic rings. The topological polar surface area (TPSA) is 55.8 Å². The number of carbonyl (C=O) groups is 1. The van der Waals surface area contributed by atoms with Gasteiger partial charge >= 0.3 is 5.97 Å². The lowest BCUT2D eigenvalue weighted by Gasteiger charge is -2.16. The van der Waals surface area contributed by atoms with E-state index in [2.05, 4.69) is 0 Å². The summed E-state index contributed by atoms with van der Waals surface area (Å²) in [5.41, 5.74) is 2.43. The van der Waals surface area contributed by atoms with Crippen molar-refractivity contribution in [3.05, 3.63) is 89.3 Å². The minimum absolute atomic E-state index is 0.0410. The predicted octanol–water partition coefficient (Wildman–Crippen LogP) is 6.48. The molecule has 0 radical (unpaired) electrons. The first-order valence-electron chi connectivity index (χ1n) is 9.95. The molecule has 0 heterocycles. The Hall–Kier alpha value is -3.18. The zero-order valence-electron chi connectivity index (χ0n) is 17.1. The minimum atomic E-state index is -1.09. The van der Waals surface area contributed by atoms with Crippen LogP contribution in [0.4, 0.5) is 4.39 Å². The van der Waals surface area contributed by atoms with Crippen molar-refractivity contribution in [2.24, 2.45) is 0 Å². The van der Waals surface area contributed by atoms with Gasteiger partial charge in [-0.2, -0.15) is 0 Å². The molecule has 0 bridgehead atoms. The molecule has 1 atom stereocenters. The van der Waals surface area contributed by atoms with Crippen molar-refractivity contribution in [2.75, 3.05) is 6.61 Å². The maximum atomic E-state index is 14.8. The highest BCUT2D eigenvalue weighted by Crippen LogP contribution is 2.31. The number of aromatic carboxylic acids is 1. The summed E-state index contributed by atoms with van der Waals surface area (Å²) in [6.45, 7) is 4.40. The molecule has 30 heavy (non-hydrogen) atoms. The summed E-state index contributed by atoms with van der Waals surface area (Å²) in [6, 6.07) is 12.1. The van der Waals surface area contributed by atoms with Gasteiger partial charge in [0.05, 0.1) is 0 Å². The molecular weight excluding hydrogens is 383 g/mol. The van der Waals surface area contributed by atoms with Crippen LogP contribution >= 0.6 is 0 Å². The third kappa shape index (κ3) is 5.45. The van der Waals surface area contributed by atoms with Crippen LogP contribution in [0.25, 0.3) is 5.57 Å². The second kappa shape index (κ2) is 10.0. The number of ether oxygens (including phenoxy) is 2. The Kier molecular flexibility index (Phi) is 7.20. The maximum absolute atomic E-state index is 14.8. The molecular formula is C25H25FO4. The number of allylic oxidation sites excluding steroid dienone is 4. The van der Waals surface area contributed by atoms with Gasteiger partial charge in [0.1, 0.15) is 29.0 Å². The second-order valence-corrected chi connectivity index (χ2v) is 7.08. The van der Waals surface area contributed by atoms with Gasteiger partial charge in [-0.15, -0.1) is 0 Å². The lowest BCUT2D eigenvalue weighted by molar-refractivity contribution is 0.0694. The van der Waals surface area contributed by atoms with E-state index >= 15 is 0 Å². The van der Waals surface area contributed by atoms with Gasteiger partial charge in [-0.3, -0.25) is 0 Å². The fraction of sp³-hybridized carbons (Fsp3) is 0.240. The van der Waals surface area contributed by atoms with E-state index in [1.165, 1.54) is 12.1 Å². The third-order valence-corrected chi connectivity index (χ3v) is 4.65. The quantitative estimate of drug-likeness (QED) is 0.533. The van der Waals surface area contributed by atoms with E-state index in [0.29, 0.717) is 29.9 Å². The van der Waals surface area contributed by atoms with Gasteiger partial charge in [0.25, 0.3) is 0 Å². The molecule has 156 valence electrons. The maximum Gasteiger partial charge on any atom is 0.339 e. The monoisotopic (exact) mass is 408 g/mol. The normalized spacial score (nSPS) is 19.8. The molecule has 5 heteroatoms. The molecule has 0 aliphatic heterocycles. The smallest absolute Gasteiger partial charge is 0.339 e. The van der Waals surface area contributed by atoms with Crippen molar-refractivity contribution in [3.63, 3.8) is 0 Å². The van der Waals surface area contributed by atoms with Crippen LogP contribution in [0.15, 0.2) is 72.6 Å². The second-order valence-electron chi connectivity index (χ2n) is 7.08. The van der Waals surface area contributed by atoms with Gasteiger partial charge in [0, 0.05) is 6.61 Å². The number of carboxylic acids is 1. The molecule has 0 fully saturated rings. The summed E-state index contributed by atoms with van der Waals surface area (Å²) in [5.74, 6) is -0.749. The summed E-state index contributed by atoms with van der Waals surface area (Å²) in [4.78, 5) is 11.7. The zero-order chi connectivity index (χ0) is 21.5. The summed E-state index contributed by atoms with van der Waals surface area (Å²) < 4.78 is 26.2. The number of benzene rings is 2. The SMILES string of the molecule is CCCOC1C=CC/C=C(c2ccc(C(=O)O)c(Oc3ccc(C)cc3)c2)\C=C/1F. The minimum Gasteiger partial charge on any atom is -0.478 e. The lowest BCUT2D eigenvalue weighted by Crippen LogP contribution is -2.12. The van der Waals surface area contributed by atoms with Crippen LogP contribution in [0, 0.1) is 6.92 Å². The first kappa shape index (κ1) is 21.5. The van der Waals surface area contributed by atoms with Crippen LogP contribution in [0.2, 0.25) is 0 Å². The van der Waals surface area contributed by atoms with E-state index in [1.807, 2.05) is 38.1 Å². The number of carboxylic acid groups (broad SMARTS) is 1. The van der Waals surface area contributed by atoms with Crippen LogP contribution in [0.5, 0.6) is 11.5 Å². The molecule has 0 amide bonds. The van der Waals surface area contributed by atoms with Crippen molar-refractivity contribution in [3.8, 4) is 11.5 Å². The van der Waals surface area contributed by atoms with Crippen LogP contribution in [-0.4, -0.2) is 23.8 Å². The third-order valence-electron chi connectivity index (χ3n) is 4.65. The summed E-state index contributed by atoms with van der Waals surface area (Å²) in [5, 5.41) is 9.54. The van der Waals surface area contributed by atoms with Crippen molar-refractivity contribution in [1.82, 2.24) is 0 Å². The van der Waals surface area contributed by atoms with Gasteiger partial charge < -0.3 is 14.6 Å². The van der Waals surface area contributed by atoms with Crippen LogP contribution < -0.4 is 4.74 Å². The van der Waals surface area contributed by atoms with Crippen LogP contribution in [0.3, 0.4) is 0 Å². The molecule has 1 unspecified atom stereocenters. The first-order valence-corrected chi connectivity index (χ1v) is 9.95. The predicted molar refractivity (Wildman–Crippen MR) is 116 cm³/mol. The summed E-state index contributed by atoms with van der Waals surface area (Å²) in [7, 11) is 0. The number of hydrogen-bond donors (Lipinski definition) is 1. The van der Waals surface area contributed by atoms with E-state index in [4.69, 9.17) is 9.47 Å². The van der Waals surface area contributed by atoms with Crippen molar-refractivity contribution >= 4 is 11.5 Å². The van der Waals surface area contributed by atoms with Crippen LogP contribution in [-0.2, 0) is 4.74 Å². The Morgan fingerprint density at radius 3 is 2.67 bits per heavy atom. The average Bonchev–Trinajstić information content (AvgIpc) is 2.72. The highest BCUT2D eigenvalue weighted by atomic mass is 19.1. The Morgan fingerprint density at radius 2 is 1.97 bits per heavy atom. The van der Waals surface area contributed by atoms with E-state index in [9.17, 15) is 14.3 Å². The fourth-order valence-corrected chi connectivity index (χ4v) is 3.06. The Bertz CT molecular complexity index is 987. The van der Waals surface area contributed by atoms with E-state index in [0.717, 1.165) is 12.0 Å². The molecule has 1 aliphatic carbocycles. The van der Waals surface area contributed by atoms with Crippen molar-refractivity contribution in [1.29, 1.82) is 0 Å². The number of hydrogen-bond acceptors (Lipinski definition) is 3. The molecule has 4 nitrogen and oxygen atoms in total. The number of halogens is 1. The molecule has 2 aromatic carbocycles. The number of rotatable bonds is 7. The summed E-state index contributed by atoms with van der Waals surface area (Å²) >= 11 is 0. The van der Waals surface area contributed by atoms with E-state index < -0.39 is 17.9 Å². The van der Waals surface area contributed by atoms with E-state index in [-0.39, 0.29) is 11.3 Å². The first-order chi connectivity index (χ1) is 14.5. The van der Waals surface area contributed by atoms with Crippen molar-refractivity contribution in [2.45, 2.75) is 32.8 Å². The number of aryl methyl sites for hydroxylation is 1.